The Bertz CT molecular complexity index is 1240. The zero-order valence-electron chi connectivity index (χ0n) is 24.6. The van der Waals surface area contributed by atoms with E-state index in [4.69, 9.17) is 0 Å². The van der Waals surface area contributed by atoms with Crippen LogP contribution in [0.25, 0.3) is 0 Å². The van der Waals surface area contributed by atoms with E-state index in [2.05, 4.69) is 33.4 Å². The van der Waals surface area contributed by atoms with Gasteiger partial charge in [0.25, 0.3) is 0 Å². The summed E-state index contributed by atoms with van der Waals surface area (Å²) in [6.45, 7) is 16.0. The molecule has 0 spiro atoms. The highest BCUT2D eigenvalue weighted by Crippen LogP contribution is 2.66. The predicted molar refractivity (Wildman–Crippen MR) is 153 cm³/mol. The molecule has 7 unspecified atom stereocenters. The zero-order chi connectivity index (χ0) is 28.1. The quantitative estimate of drug-likeness (QED) is 0.380. The molecule has 0 radical (unpaired) electrons. The van der Waals surface area contributed by atoms with Crippen LogP contribution in [0.2, 0.25) is 0 Å². The van der Waals surface area contributed by atoms with Crippen LogP contribution in [0, 0.1) is 28.6 Å². The maximum absolute atomic E-state index is 14.2. The third-order valence-corrected chi connectivity index (χ3v) is 11.8. The molecule has 6 heteroatoms. The second-order valence-electron chi connectivity index (χ2n) is 14.5. The largest absolute Gasteiger partial charge is 0.332 e. The lowest BCUT2D eigenvalue weighted by Crippen LogP contribution is -2.66. The van der Waals surface area contributed by atoms with Gasteiger partial charge in [0, 0.05) is 18.2 Å². The number of anilines is 1. The van der Waals surface area contributed by atoms with Crippen molar-refractivity contribution in [3.63, 3.8) is 0 Å². The van der Waals surface area contributed by atoms with E-state index in [0.29, 0.717) is 12.3 Å². The van der Waals surface area contributed by atoms with Gasteiger partial charge in [0.1, 0.15) is 18.2 Å². The van der Waals surface area contributed by atoms with Crippen molar-refractivity contribution in [2.45, 2.75) is 103 Å². The van der Waals surface area contributed by atoms with Crippen molar-refractivity contribution in [3.8, 4) is 0 Å². The molecule has 3 amide bonds. The number of likely N-dealkylation sites (N-methyl/N-ethyl adjacent to an activating group) is 1. The Morgan fingerprint density at radius 2 is 1.82 bits per heavy atom. The maximum Gasteiger partial charge on any atom is 0.247 e. The highest BCUT2D eigenvalue weighted by atomic mass is 16.2. The van der Waals surface area contributed by atoms with Crippen LogP contribution in [0.3, 0.4) is 0 Å². The average Bonchev–Trinajstić information content (AvgIpc) is 3.34. The molecule has 2 saturated carbocycles. The number of benzene rings is 1. The highest BCUT2D eigenvalue weighted by Gasteiger charge is 2.68. The summed E-state index contributed by atoms with van der Waals surface area (Å²) in [7, 11) is 1.77. The van der Waals surface area contributed by atoms with Gasteiger partial charge in [-0.3, -0.25) is 19.3 Å². The summed E-state index contributed by atoms with van der Waals surface area (Å²) in [5, 5.41) is 0. The van der Waals surface area contributed by atoms with Gasteiger partial charge in [0.2, 0.25) is 18.2 Å². The van der Waals surface area contributed by atoms with E-state index in [0.717, 1.165) is 30.5 Å². The molecule has 1 aromatic carbocycles. The first kappa shape index (κ1) is 26.6. The molecule has 3 heterocycles. The Hall–Kier alpha value is -2.63. The first-order valence-corrected chi connectivity index (χ1v) is 15.0. The molecule has 5 aliphatic rings. The van der Waals surface area contributed by atoms with Crippen LogP contribution in [0.1, 0.15) is 85.1 Å². The van der Waals surface area contributed by atoms with Gasteiger partial charge in [-0.05, 0) is 78.7 Å². The maximum atomic E-state index is 14.2. The number of piperazine rings is 1. The number of fused-ring (bicyclic) bond motifs is 6. The number of para-hydroxylation sites is 1. The van der Waals surface area contributed by atoms with Crippen LogP contribution >= 0.6 is 0 Å². The van der Waals surface area contributed by atoms with E-state index in [1.54, 1.807) is 16.8 Å². The van der Waals surface area contributed by atoms with E-state index >= 15 is 0 Å². The van der Waals surface area contributed by atoms with Crippen molar-refractivity contribution in [2.24, 2.45) is 28.6 Å². The molecule has 0 bridgehead atoms. The topological polar surface area (TPSA) is 60.9 Å². The summed E-state index contributed by atoms with van der Waals surface area (Å²) in [5.41, 5.74) is 3.16. The third kappa shape index (κ3) is 3.42. The third-order valence-electron chi connectivity index (χ3n) is 11.8. The Kier molecular flexibility index (Phi) is 5.92. The van der Waals surface area contributed by atoms with Crippen molar-refractivity contribution in [1.29, 1.82) is 0 Å². The minimum absolute atomic E-state index is 0.00392. The minimum Gasteiger partial charge on any atom is -0.332 e. The highest BCUT2D eigenvalue weighted by molar-refractivity contribution is 6.00. The Labute approximate surface area is 233 Å². The van der Waals surface area contributed by atoms with Gasteiger partial charge >= 0.3 is 0 Å². The lowest BCUT2D eigenvalue weighted by molar-refractivity contribution is -0.161. The van der Waals surface area contributed by atoms with Gasteiger partial charge in [0.05, 0.1) is 0 Å². The van der Waals surface area contributed by atoms with Gasteiger partial charge in [-0.25, -0.2) is 0 Å². The number of allylic oxidation sites excluding steroid dienone is 1. The van der Waals surface area contributed by atoms with E-state index in [-0.39, 0.29) is 34.5 Å². The van der Waals surface area contributed by atoms with Crippen LogP contribution in [-0.2, 0) is 19.8 Å². The smallest absolute Gasteiger partial charge is 0.247 e. The molecule has 6 rings (SSSR count). The van der Waals surface area contributed by atoms with Crippen molar-refractivity contribution in [2.75, 3.05) is 11.9 Å². The SMILES string of the molecule is C=C1CCC2C(C)(C)CCCC2(C)C1CC12CC3C(=O)N(C)C(C(C)C)C(=O)N3C1N(C=O)c1ccccc12. The second kappa shape index (κ2) is 8.68. The van der Waals surface area contributed by atoms with Gasteiger partial charge < -0.3 is 9.80 Å². The fourth-order valence-corrected chi connectivity index (χ4v) is 10.2. The summed E-state index contributed by atoms with van der Waals surface area (Å²) in [6, 6.07) is 7.08. The second-order valence-corrected chi connectivity index (χ2v) is 14.5. The van der Waals surface area contributed by atoms with Crippen LogP contribution < -0.4 is 4.90 Å². The Balaban J connectivity index is 1.51. The Morgan fingerprint density at radius 1 is 1.10 bits per heavy atom. The van der Waals surface area contributed by atoms with E-state index < -0.39 is 23.7 Å². The fourth-order valence-electron chi connectivity index (χ4n) is 10.2. The van der Waals surface area contributed by atoms with E-state index in [1.807, 2.05) is 36.9 Å². The minimum atomic E-state index is -0.554. The summed E-state index contributed by atoms with van der Waals surface area (Å²) in [5.74, 6) is 0.817. The van der Waals surface area contributed by atoms with Crippen LogP contribution in [0.15, 0.2) is 36.4 Å². The van der Waals surface area contributed by atoms with E-state index in [1.165, 1.54) is 31.3 Å². The molecular weight excluding hydrogens is 486 g/mol. The predicted octanol–water partition coefficient (Wildman–Crippen LogP) is 5.51. The van der Waals surface area contributed by atoms with Crippen molar-refractivity contribution in [3.05, 3.63) is 42.0 Å². The summed E-state index contributed by atoms with van der Waals surface area (Å²) in [4.78, 5) is 46.1. The Morgan fingerprint density at radius 3 is 2.51 bits per heavy atom. The number of carbonyl (C=O) groups is 3. The molecule has 3 aliphatic heterocycles. The van der Waals surface area contributed by atoms with Gasteiger partial charge in [0.15, 0.2) is 0 Å². The first-order chi connectivity index (χ1) is 18.4. The van der Waals surface area contributed by atoms with Gasteiger partial charge in [-0.15, -0.1) is 0 Å². The standard InChI is InChI=1S/C33H45N3O3/c1-20(2)27-29(39)36-25(28(38)34(27)7)18-33(22-11-8-9-12-24(22)35(19-37)30(33)36)17-23-21(3)13-14-26-31(4,5)15-10-16-32(23,26)6/h8-9,11-12,19-20,23,25-27,30H,3,10,13-18H2,1-2,4-7H3. The van der Waals surface area contributed by atoms with Gasteiger partial charge in [-0.2, -0.15) is 0 Å². The monoisotopic (exact) mass is 531 g/mol. The normalized spacial score (nSPS) is 39.0. The number of rotatable bonds is 4. The molecule has 2 aliphatic carbocycles. The molecule has 0 N–H and O–H groups in total. The number of nitrogens with zero attached hydrogens (tertiary/aromatic N) is 3. The fraction of sp³-hybridized carbons (Fsp3) is 0.667. The van der Waals surface area contributed by atoms with Gasteiger partial charge in [-0.1, -0.05) is 71.4 Å². The lowest BCUT2D eigenvalue weighted by Gasteiger charge is -2.59. The number of hydrogen-bond acceptors (Lipinski definition) is 3. The van der Waals surface area contributed by atoms with Crippen molar-refractivity contribution < 1.29 is 14.4 Å². The summed E-state index contributed by atoms with van der Waals surface area (Å²) in [6.07, 6.45) is 7.60. The molecule has 7 atom stereocenters. The molecular formula is C33H45N3O3. The van der Waals surface area contributed by atoms with E-state index in [9.17, 15) is 14.4 Å². The molecule has 39 heavy (non-hydrogen) atoms. The van der Waals surface area contributed by atoms with Crippen LogP contribution in [0.4, 0.5) is 5.69 Å². The van der Waals surface area contributed by atoms with Crippen molar-refractivity contribution in [1.82, 2.24) is 9.80 Å². The van der Waals surface area contributed by atoms with Crippen molar-refractivity contribution >= 4 is 23.9 Å². The van der Waals surface area contributed by atoms with Crippen LogP contribution in [-0.4, -0.2) is 53.3 Å². The molecule has 210 valence electrons. The molecule has 6 nitrogen and oxygen atoms in total. The molecule has 4 fully saturated rings. The first-order valence-electron chi connectivity index (χ1n) is 15.0. The van der Waals surface area contributed by atoms with Crippen LogP contribution in [0.5, 0.6) is 0 Å². The molecule has 2 saturated heterocycles. The lowest BCUT2D eigenvalue weighted by atomic mass is 9.46. The average molecular weight is 532 g/mol. The molecule has 1 aromatic rings. The zero-order valence-corrected chi connectivity index (χ0v) is 24.6. The number of carbonyl (C=O) groups excluding carboxylic acids is 3. The summed E-state index contributed by atoms with van der Waals surface area (Å²) < 4.78 is 0. The summed E-state index contributed by atoms with van der Waals surface area (Å²) >= 11 is 0. The number of amides is 3. The number of hydrogen-bond donors (Lipinski definition) is 0. The molecule has 0 aromatic heterocycles.